The minimum Gasteiger partial charge on any atom is -0.306 e. The Hall–Kier alpha value is -5.33. The minimum absolute atomic E-state index is 0.0869. The molecule has 3 heterocycles. The molecule has 0 bridgehead atoms. The van der Waals surface area contributed by atoms with Gasteiger partial charge in [-0.2, -0.15) is 0 Å². The number of para-hydroxylation sites is 5. The summed E-state index contributed by atoms with van der Waals surface area (Å²) in [6.45, 7) is 0. The first kappa shape index (κ1) is 24.3. The normalized spacial score (nSPS) is 13.6. The quantitative estimate of drug-likeness (QED) is 0.197. The number of carbonyl (C=O) groups is 1. The Kier molecular flexibility index (Phi) is 5.13. The second-order valence-corrected chi connectivity index (χ2v) is 11.6. The molecule has 43 heavy (non-hydrogen) atoms. The van der Waals surface area contributed by atoms with E-state index >= 15 is 0 Å². The van der Waals surface area contributed by atoms with Crippen LogP contribution in [0.1, 0.15) is 10.4 Å². The lowest BCUT2D eigenvalue weighted by Crippen LogP contribution is -2.38. The summed E-state index contributed by atoms with van der Waals surface area (Å²) >= 11 is 3.65. The van der Waals surface area contributed by atoms with Crippen LogP contribution >= 0.6 is 15.9 Å². The molecule has 0 aliphatic carbocycles. The summed E-state index contributed by atoms with van der Waals surface area (Å²) in [6.07, 6.45) is 0. The van der Waals surface area contributed by atoms with E-state index in [1.807, 2.05) is 53.4 Å². The Morgan fingerprint density at radius 3 is 1.28 bits per heavy atom. The lowest BCUT2D eigenvalue weighted by Gasteiger charge is -2.51. The highest BCUT2D eigenvalue weighted by atomic mass is 79.9. The predicted octanol–water partition coefficient (Wildman–Crippen LogP) is 10.8. The zero-order chi connectivity index (χ0) is 28.7. The van der Waals surface area contributed by atoms with Gasteiger partial charge in [-0.25, -0.2) is 0 Å². The van der Waals surface area contributed by atoms with Crippen LogP contribution in [-0.2, 0) is 0 Å². The highest BCUT2D eigenvalue weighted by Crippen LogP contribution is 2.69. The zero-order valence-corrected chi connectivity index (χ0v) is 24.4. The number of carbonyl (C=O) groups excluding carboxylic acids is 1. The van der Waals surface area contributed by atoms with Crippen LogP contribution in [0.5, 0.6) is 0 Å². The van der Waals surface area contributed by atoms with Crippen molar-refractivity contribution in [2.75, 3.05) is 19.6 Å². The third-order valence-electron chi connectivity index (χ3n) is 8.43. The van der Waals surface area contributed by atoms with Crippen molar-refractivity contribution in [3.63, 3.8) is 0 Å². The summed E-state index contributed by atoms with van der Waals surface area (Å²) in [5, 5.41) is 0. The molecule has 6 aromatic rings. The average Bonchev–Trinajstić information content (AvgIpc) is 3.06. The molecule has 204 valence electrons. The fraction of sp³-hybridized carbons (Fsp3) is 0. The van der Waals surface area contributed by atoms with E-state index in [9.17, 15) is 4.79 Å². The van der Waals surface area contributed by atoms with Crippen molar-refractivity contribution < 1.29 is 4.79 Å². The molecule has 1 amide bonds. The molecular weight excluding hydrogens is 596 g/mol. The number of nitrogens with zero attached hydrogens (tertiary/aromatic N) is 4. The molecule has 0 saturated carbocycles. The smallest absolute Gasteiger partial charge is 0.264 e. The first-order valence-corrected chi connectivity index (χ1v) is 15.0. The first-order chi connectivity index (χ1) is 21.2. The van der Waals surface area contributed by atoms with Crippen molar-refractivity contribution in [1.82, 2.24) is 0 Å². The van der Waals surface area contributed by atoms with Crippen molar-refractivity contribution in [2.24, 2.45) is 0 Å². The van der Waals surface area contributed by atoms with Gasteiger partial charge in [-0.3, -0.25) is 14.6 Å². The Morgan fingerprint density at radius 1 is 0.419 bits per heavy atom. The second-order valence-electron chi connectivity index (χ2n) is 10.7. The zero-order valence-electron chi connectivity index (χ0n) is 22.9. The Bertz CT molecular complexity index is 1980. The van der Waals surface area contributed by atoms with Crippen LogP contribution in [0.3, 0.4) is 0 Å². The number of benzene rings is 6. The third kappa shape index (κ3) is 3.29. The second kappa shape index (κ2) is 9.08. The Labute approximate surface area is 257 Å². The van der Waals surface area contributed by atoms with Crippen LogP contribution in [0, 0.1) is 0 Å². The van der Waals surface area contributed by atoms with Gasteiger partial charge in [0.15, 0.2) is 0 Å². The van der Waals surface area contributed by atoms with E-state index in [1.165, 1.54) is 0 Å². The van der Waals surface area contributed by atoms with Crippen molar-refractivity contribution in [1.29, 1.82) is 0 Å². The molecule has 0 atom stereocenters. The number of hydrogen-bond acceptors (Lipinski definition) is 4. The third-order valence-corrected chi connectivity index (χ3v) is 9.12. The summed E-state index contributed by atoms with van der Waals surface area (Å²) < 4.78 is 0.765. The van der Waals surface area contributed by atoms with Gasteiger partial charge in [-0.15, -0.1) is 0 Å². The largest absolute Gasteiger partial charge is 0.306 e. The van der Waals surface area contributed by atoms with Gasteiger partial charge in [0.2, 0.25) is 0 Å². The van der Waals surface area contributed by atoms with Crippen molar-refractivity contribution in [3.05, 3.63) is 150 Å². The molecule has 6 heteroatoms. The van der Waals surface area contributed by atoms with Gasteiger partial charge in [0.25, 0.3) is 5.91 Å². The predicted molar refractivity (Wildman–Crippen MR) is 178 cm³/mol. The molecule has 0 N–H and O–H groups in total. The van der Waals surface area contributed by atoms with Crippen LogP contribution in [0.2, 0.25) is 0 Å². The molecule has 3 aliphatic heterocycles. The molecule has 0 fully saturated rings. The van der Waals surface area contributed by atoms with Crippen LogP contribution in [0.4, 0.5) is 62.6 Å². The van der Waals surface area contributed by atoms with E-state index in [0.29, 0.717) is 5.56 Å². The van der Waals surface area contributed by atoms with Gasteiger partial charge in [-0.1, -0.05) is 66.7 Å². The molecule has 0 spiro atoms. The highest BCUT2D eigenvalue weighted by Gasteiger charge is 2.46. The summed E-state index contributed by atoms with van der Waals surface area (Å²) in [7, 11) is 0. The van der Waals surface area contributed by atoms with E-state index in [0.717, 1.165) is 67.0 Å². The maximum atomic E-state index is 14.6. The highest BCUT2D eigenvalue weighted by molar-refractivity contribution is 9.10. The van der Waals surface area contributed by atoms with Crippen LogP contribution < -0.4 is 19.6 Å². The maximum Gasteiger partial charge on any atom is 0.264 e. The van der Waals surface area contributed by atoms with E-state index in [2.05, 4.69) is 122 Å². The molecule has 6 aromatic carbocycles. The minimum atomic E-state index is -0.0869. The molecular formula is C37H23BrN4O. The van der Waals surface area contributed by atoms with E-state index in [4.69, 9.17) is 0 Å². The monoisotopic (exact) mass is 618 g/mol. The van der Waals surface area contributed by atoms with Crippen LogP contribution in [0.15, 0.2) is 144 Å². The van der Waals surface area contributed by atoms with Crippen LogP contribution in [-0.4, -0.2) is 5.91 Å². The number of hydrogen-bond donors (Lipinski definition) is 0. The number of amides is 1. The lowest BCUT2D eigenvalue weighted by molar-refractivity contribution is 0.0998. The van der Waals surface area contributed by atoms with Gasteiger partial charge in [0, 0.05) is 15.8 Å². The van der Waals surface area contributed by atoms with Crippen molar-refractivity contribution >= 4 is 84.4 Å². The summed E-state index contributed by atoms with van der Waals surface area (Å²) in [5.74, 6) is -0.0869. The Morgan fingerprint density at radius 2 is 0.814 bits per heavy atom. The lowest BCUT2D eigenvalue weighted by atomic mass is 9.94. The fourth-order valence-corrected chi connectivity index (χ4v) is 7.19. The molecule has 0 unspecified atom stereocenters. The average molecular weight is 620 g/mol. The summed E-state index contributed by atoms with van der Waals surface area (Å²) in [5.41, 5.74) is 11.7. The topological polar surface area (TPSA) is 30.0 Å². The molecule has 0 saturated heterocycles. The first-order valence-electron chi connectivity index (χ1n) is 14.2. The van der Waals surface area contributed by atoms with Crippen LogP contribution in [0.25, 0.3) is 0 Å². The number of anilines is 11. The van der Waals surface area contributed by atoms with Gasteiger partial charge >= 0.3 is 0 Å². The van der Waals surface area contributed by atoms with E-state index < -0.39 is 0 Å². The summed E-state index contributed by atoms with van der Waals surface area (Å²) in [4.78, 5) is 23.5. The molecule has 3 aliphatic rings. The molecule has 5 nitrogen and oxygen atoms in total. The maximum absolute atomic E-state index is 14.6. The number of rotatable bonds is 3. The number of halogens is 1. The molecule has 0 aromatic heterocycles. The van der Waals surface area contributed by atoms with E-state index in [-0.39, 0.29) is 5.91 Å². The fourth-order valence-electron chi connectivity index (χ4n) is 6.74. The van der Waals surface area contributed by atoms with Crippen molar-refractivity contribution in [2.45, 2.75) is 0 Å². The van der Waals surface area contributed by atoms with Gasteiger partial charge in [-0.05, 0) is 88.7 Å². The van der Waals surface area contributed by atoms with Gasteiger partial charge in [0.1, 0.15) is 0 Å². The Balaban J connectivity index is 1.41. The SMILES string of the molecule is O=C(c1ccccc1Br)N1c2cccc3c2N2c4c1cccc4N(c1ccccc1)c1cccc(c12)N3c1ccccc1. The van der Waals surface area contributed by atoms with Gasteiger partial charge in [0.05, 0.1) is 56.7 Å². The molecule has 9 rings (SSSR count). The van der Waals surface area contributed by atoms with Gasteiger partial charge < -0.3 is 9.80 Å². The standard InChI is InChI=1S/C37H23BrN4O/c38-27-17-8-7-16-26(27)37(43)41-32-22-10-20-30-35(32)42-34-28(39(30)24-12-3-1-4-13-24)18-9-19-29(34)40(25-14-5-2-6-15-25)31-21-11-23-33(41)36(31)42/h1-23H. The molecule has 0 radical (unpaired) electrons. The van der Waals surface area contributed by atoms with E-state index in [1.54, 1.807) is 0 Å². The summed E-state index contributed by atoms with van der Waals surface area (Å²) in [6, 6.07) is 47.6. The van der Waals surface area contributed by atoms with Crippen molar-refractivity contribution in [3.8, 4) is 0 Å².